The van der Waals surface area contributed by atoms with Gasteiger partial charge in [0.2, 0.25) is 0 Å². The molecule has 0 radical (unpaired) electrons. The van der Waals surface area contributed by atoms with Gasteiger partial charge in [0.05, 0.1) is 6.42 Å². The van der Waals surface area contributed by atoms with E-state index in [4.69, 9.17) is 5.11 Å². The van der Waals surface area contributed by atoms with E-state index in [1.807, 2.05) is 6.26 Å². The summed E-state index contributed by atoms with van der Waals surface area (Å²) in [6.07, 6.45) is 2.21. The lowest BCUT2D eigenvalue weighted by molar-refractivity contribution is -0.136. The van der Waals surface area contributed by atoms with Gasteiger partial charge in [0.1, 0.15) is 0 Å². The van der Waals surface area contributed by atoms with Crippen LogP contribution in [0, 0.1) is 0 Å². The second kappa shape index (κ2) is 8.44. The van der Waals surface area contributed by atoms with E-state index in [0.717, 1.165) is 6.54 Å². The number of nitrogens with one attached hydrogen (secondary N) is 1. The van der Waals surface area contributed by atoms with Crippen LogP contribution in [0.3, 0.4) is 0 Å². The Balaban J connectivity index is 0.00000225. The van der Waals surface area contributed by atoms with Crippen molar-refractivity contribution >= 4 is 30.1 Å². The fraction of sp³-hybridized carbons (Fsp3) is 0.364. The van der Waals surface area contributed by atoms with Crippen molar-refractivity contribution in [3.8, 4) is 0 Å². The fourth-order valence-electron chi connectivity index (χ4n) is 1.17. The van der Waals surface area contributed by atoms with E-state index in [1.165, 1.54) is 10.5 Å². The quantitative estimate of drug-likeness (QED) is 0.610. The molecule has 2 N–H and O–H groups in total. The number of carboxylic acids is 1. The van der Waals surface area contributed by atoms with Crippen molar-refractivity contribution < 1.29 is 9.90 Å². The maximum absolute atomic E-state index is 10.3. The van der Waals surface area contributed by atoms with Crippen molar-refractivity contribution in [3.05, 3.63) is 29.8 Å². The molecule has 1 rings (SSSR count). The minimum Gasteiger partial charge on any atom is -0.481 e. The Bertz CT molecular complexity index is 316. The molecule has 3 nitrogen and oxygen atoms in total. The van der Waals surface area contributed by atoms with Crippen molar-refractivity contribution in [3.63, 3.8) is 0 Å². The molecule has 0 aromatic heterocycles. The summed E-state index contributed by atoms with van der Waals surface area (Å²) in [5.41, 5.74) is 1.18. The Hall–Kier alpha value is -0.710. The standard InChI is InChI=1S/C11H15NO2S.ClH/c1-15-10-4-2-9(3-5-10)8-12-7-6-11(13)14;/h2-5,12H,6-8H2,1H3,(H,13,14);1H. The highest BCUT2D eigenvalue weighted by atomic mass is 35.5. The molecular weight excluding hydrogens is 246 g/mol. The molecule has 0 spiro atoms. The SMILES string of the molecule is CSc1ccc(CNCCC(=O)O)cc1.Cl. The zero-order valence-corrected chi connectivity index (χ0v) is 10.7. The predicted octanol–water partition coefficient (Wildman–Crippen LogP) is 2.39. The van der Waals surface area contributed by atoms with Crippen LogP contribution in [-0.2, 0) is 11.3 Å². The minimum atomic E-state index is -0.764. The topological polar surface area (TPSA) is 49.3 Å². The molecule has 0 fully saturated rings. The lowest BCUT2D eigenvalue weighted by Gasteiger charge is -2.03. The number of rotatable bonds is 6. The van der Waals surface area contributed by atoms with E-state index in [1.54, 1.807) is 11.8 Å². The van der Waals surface area contributed by atoms with E-state index >= 15 is 0 Å². The van der Waals surface area contributed by atoms with Crippen LogP contribution < -0.4 is 5.32 Å². The second-order valence-electron chi connectivity index (χ2n) is 3.17. The molecule has 0 unspecified atom stereocenters. The van der Waals surface area contributed by atoms with Gasteiger partial charge in [0.25, 0.3) is 0 Å². The lowest BCUT2D eigenvalue weighted by Crippen LogP contribution is -2.17. The first-order chi connectivity index (χ1) is 7.22. The average Bonchev–Trinajstić information content (AvgIpc) is 2.25. The zero-order chi connectivity index (χ0) is 11.1. The van der Waals surface area contributed by atoms with Gasteiger partial charge >= 0.3 is 5.97 Å². The Morgan fingerprint density at radius 2 is 2.00 bits per heavy atom. The normalized spacial score (nSPS) is 9.56. The average molecular weight is 262 g/mol. The third-order valence-electron chi connectivity index (χ3n) is 2.00. The largest absolute Gasteiger partial charge is 0.481 e. The van der Waals surface area contributed by atoms with Crippen LogP contribution >= 0.6 is 24.2 Å². The third kappa shape index (κ3) is 6.00. The molecule has 16 heavy (non-hydrogen) atoms. The fourth-order valence-corrected chi connectivity index (χ4v) is 1.58. The molecule has 0 bridgehead atoms. The number of aliphatic carboxylic acids is 1. The first kappa shape index (κ1) is 15.3. The molecule has 0 aliphatic heterocycles. The van der Waals surface area contributed by atoms with Crippen LogP contribution in [0.15, 0.2) is 29.2 Å². The first-order valence-electron chi connectivity index (χ1n) is 4.78. The molecule has 0 aliphatic carbocycles. The maximum atomic E-state index is 10.3. The van der Waals surface area contributed by atoms with Gasteiger partial charge in [0, 0.05) is 18.0 Å². The smallest absolute Gasteiger partial charge is 0.304 e. The monoisotopic (exact) mass is 261 g/mol. The van der Waals surface area contributed by atoms with E-state index in [9.17, 15) is 4.79 Å². The summed E-state index contributed by atoms with van der Waals surface area (Å²) in [6, 6.07) is 8.25. The van der Waals surface area contributed by atoms with Gasteiger partial charge < -0.3 is 10.4 Å². The molecule has 0 saturated carbocycles. The number of halogens is 1. The highest BCUT2D eigenvalue weighted by molar-refractivity contribution is 7.98. The molecule has 0 atom stereocenters. The van der Waals surface area contributed by atoms with Gasteiger partial charge in [-0.25, -0.2) is 0 Å². The van der Waals surface area contributed by atoms with Crippen LogP contribution in [-0.4, -0.2) is 23.9 Å². The number of hydrogen-bond donors (Lipinski definition) is 2. The van der Waals surface area contributed by atoms with Crippen LogP contribution in [0.25, 0.3) is 0 Å². The molecular formula is C11H16ClNO2S. The number of benzene rings is 1. The Morgan fingerprint density at radius 3 is 2.50 bits per heavy atom. The number of carbonyl (C=O) groups is 1. The summed E-state index contributed by atoms with van der Waals surface area (Å²) in [5, 5.41) is 11.5. The van der Waals surface area contributed by atoms with Crippen LogP contribution in [0.1, 0.15) is 12.0 Å². The minimum absolute atomic E-state index is 0. The number of carboxylic acid groups (broad SMARTS) is 1. The first-order valence-corrected chi connectivity index (χ1v) is 6.00. The molecule has 0 aliphatic rings. The summed E-state index contributed by atoms with van der Waals surface area (Å²) in [4.78, 5) is 11.5. The third-order valence-corrected chi connectivity index (χ3v) is 2.75. The molecule has 0 amide bonds. The molecule has 0 heterocycles. The molecule has 90 valence electrons. The summed E-state index contributed by atoms with van der Waals surface area (Å²) in [5.74, 6) is -0.764. The summed E-state index contributed by atoms with van der Waals surface area (Å²) < 4.78 is 0. The molecule has 0 saturated heterocycles. The Kier molecular flexibility index (Phi) is 8.07. The van der Waals surface area contributed by atoms with Crippen LogP contribution in [0.5, 0.6) is 0 Å². The van der Waals surface area contributed by atoms with Crippen LogP contribution in [0.4, 0.5) is 0 Å². The predicted molar refractivity (Wildman–Crippen MR) is 69.4 cm³/mol. The van der Waals surface area contributed by atoms with Gasteiger partial charge in [-0.1, -0.05) is 12.1 Å². The van der Waals surface area contributed by atoms with Crippen molar-refractivity contribution in [1.82, 2.24) is 5.32 Å². The van der Waals surface area contributed by atoms with Gasteiger partial charge in [-0.3, -0.25) is 4.79 Å². The summed E-state index contributed by atoms with van der Waals surface area (Å²) in [6.45, 7) is 1.24. The molecule has 1 aromatic rings. The highest BCUT2D eigenvalue weighted by Crippen LogP contribution is 2.14. The lowest BCUT2D eigenvalue weighted by atomic mass is 10.2. The van der Waals surface area contributed by atoms with Crippen molar-refractivity contribution in [2.45, 2.75) is 17.9 Å². The summed E-state index contributed by atoms with van der Waals surface area (Å²) >= 11 is 1.71. The number of thioether (sulfide) groups is 1. The highest BCUT2D eigenvalue weighted by Gasteiger charge is 1.96. The van der Waals surface area contributed by atoms with Gasteiger partial charge in [0.15, 0.2) is 0 Å². The van der Waals surface area contributed by atoms with E-state index < -0.39 is 5.97 Å². The van der Waals surface area contributed by atoms with Crippen molar-refractivity contribution in [1.29, 1.82) is 0 Å². The van der Waals surface area contributed by atoms with Gasteiger partial charge in [-0.15, -0.1) is 24.2 Å². The second-order valence-corrected chi connectivity index (χ2v) is 4.05. The molecule has 5 heteroatoms. The Morgan fingerprint density at radius 1 is 1.38 bits per heavy atom. The van der Waals surface area contributed by atoms with E-state index in [2.05, 4.69) is 29.6 Å². The maximum Gasteiger partial charge on any atom is 0.304 e. The molecule has 1 aromatic carbocycles. The van der Waals surface area contributed by atoms with Crippen molar-refractivity contribution in [2.75, 3.05) is 12.8 Å². The summed E-state index contributed by atoms with van der Waals surface area (Å²) in [7, 11) is 0. The van der Waals surface area contributed by atoms with E-state index in [0.29, 0.717) is 6.54 Å². The Labute approximate surface area is 106 Å². The van der Waals surface area contributed by atoms with Crippen LogP contribution in [0.2, 0.25) is 0 Å². The van der Waals surface area contributed by atoms with Crippen molar-refractivity contribution in [2.24, 2.45) is 0 Å². The van der Waals surface area contributed by atoms with E-state index in [-0.39, 0.29) is 18.8 Å². The van der Waals surface area contributed by atoms with Gasteiger partial charge in [-0.05, 0) is 24.0 Å². The van der Waals surface area contributed by atoms with Gasteiger partial charge in [-0.2, -0.15) is 0 Å². The number of hydrogen-bond acceptors (Lipinski definition) is 3. The zero-order valence-electron chi connectivity index (χ0n) is 9.10.